The Bertz CT molecular complexity index is 1160. The third kappa shape index (κ3) is 7.37. The molecule has 2 unspecified atom stereocenters. The van der Waals surface area contributed by atoms with Crippen LogP contribution < -0.4 is 20.5 Å². The fourth-order valence-corrected chi connectivity index (χ4v) is 5.99. The Morgan fingerprint density at radius 1 is 1.08 bits per heavy atom. The lowest BCUT2D eigenvalue weighted by Gasteiger charge is -2.39. The molecule has 2 fully saturated rings. The molecule has 2 atom stereocenters. The predicted octanol–water partition coefficient (Wildman–Crippen LogP) is 5.56. The van der Waals surface area contributed by atoms with Crippen molar-refractivity contribution in [2.45, 2.75) is 70.0 Å². The van der Waals surface area contributed by atoms with Gasteiger partial charge in [-0.15, -0.1) is 0 Å². The monoisotopic (exact) mass is 541 g/mol. The van der Waals surface area contributed by atoms with Gasteiger partial charge in [0.25, 0.3) is 5.91 Å². The molecule has 2 aliphatic rings. The minimum Gasteiger partial charge on any atom is -0.493 e. The Morgan fingerprint density at radius 2 is 1.82 bits per heavy atom. The minimum absolute atomic E-state index is 0.0474. The average Bonchev–Trinajstić information content (AvgIpc) is 3.47. The fourth-order valence-electron chi connectivity index (χ4n) is 5.99. The standard InChI is InChI=1S/C31H41F2N3O3/c1-20(15-22-8-10-24(32)18-26(22)33)19-36(31(37)23-9-13-29(38-2)30(17-23)39-3)28(27-5-4-14-35-27)16-21-6-11-25(34)12-7-21/h8-10,13,15,17-18,21,25,27-28,35H,4-7,11-12,14,16,19,34H2,1-3H3. The van der Waals surface area contributed by atoms with Crippen LogP contribution in [0.1, 0.15) is 67.8 Å². The number of rotatable bonds is 10. The van der Waals surface area contributed by atoms with Gasteiger partial charge in [0.05, 0.1) is 14.2 Å². The third-order valence-corrected chi connectivity index (χ3v) is 8.10. The van der Waals surface area contributed by atoms with Gasteiger partial charge >= 0.3 is 0 Å². The van der Waals surface area contributed by atoms with E-state index in [0.29, 0.717) is 35.1 Å². The largest absolute Gasteiger partial charge is 0.493 e. The summed E-state index contributed by atoms with van der Waals surface area (Å²) in [4.78, 5) is 16.2. The van der Waals surface area contributed by atoms with Crippen LogP contribution in [0.4, 0.5) is 8.78 Å². The van der Waals surface area contributed by atoms with Gasteiger partial charge in [0, 0.05) is 41.9 Å². The zero-order valence-electron chi connectivity index (χ0n) is 23.2. The summed E-state index contributed by atoms with van der Waals surface area (Å²) >= 11 is 0. The fraction of sp³-hybridized carbons (Fsp3) is 0.516. The summed E-state index contributed by atoms with van der Waals surface area (Å²) < 4.78 is 38.8. The van der Waals surface area contributed by atoms with Gasteiger partial charge in [-0.25, -0.2) is 8.78 Å². The minimum atomic E-state index is -0.625. The highest BCUT2D eigenvalue weighted by Crippen LogP contribution is 2.33. The van der Waals surface area contributed by atoms with Gasteiger partial charge in [-0.05, 0) is 94.7 Å². The van der Waals surface area contributed by atoms with Gasteiger partial charge in [-0.3, -0.25) is 4.79 Å². The van der Waals surface area contributed by atoms with Crippen molar-refractivity contribution in [2.75, 3.05) is 27.3 Å². The van der Waals surface area contributed by atoms with Crippen molar-refractivity contribution in [3.63, 3.8) is 0 Å². The summed E-state index contributed by atoms with van der Waals surface area (Å²) in [5.41, 5.74) is 7.79. The van der Waals surface area contributed by atoms with E-state index in [9.17, 15) is 13.6 Å². The first-order chi connectivity index (χ1) is 18.8. The second kappa shape index (κ2) is 13.4. The smallest absolute Gasteiger partial charge is 0.254 e. The molecule has 0 bridgehead atoms. The van der Waals surface area contributed by atoms with Gasteiger partial charge in [0.2, 0.25) is 0 Å². The number of nitrogens with zero attached hydrogens (tertiary/aromatic N) is 1. The topological polar surface area (TPSA) is 76.8 Å². The zero-order valence-corrected chi connectivity index (χ0v) is 23.2. The van der Waals surface area contributed by atoms with E-state index in [1.165, 1.54) is 12.1 Å². The number of carbonyl (C=O) groups is 1. The molecule has 1 aliphatic heterocycles. The molecule has 39 heavy (non-hydrogen) atoms. The molecule has 4 rings (SSSR count). The van der Waals surface area contributed by atoms with E-state index in [1.807, 2.05) is 11.8 Å². The van der Waals surface area contributed by atoms with Crippen molar-refractivity contribution < 1.29 is 23.0 Å². The summed E-state index contributed by atoms with van der Waals surface area (Å²) in [6.45, 7) is 3.13. The molecule has 1 amide bonds. The summed E-state index contributed by atoms with van der Waals surface area (Å²) in [7, 11) is 3.11. The second-order valence-corrected chi connectivity index (χ2v) is 10.9. The molecule has 0 spiro atoms. The molecule has 1 saturated carbocycles. The van der Waals surface area contributed by atoms with Gasteiger partial charge in [0.15, 0.2) is 11.5 Å². The normalized spacial score (nSPS) is 22.4. The highest BCUT2D eigenvalue weighted by atomic mass is 19.1. The van der Waals surface area contributed by atoms with Crippen molar-refractivity contribution in [3.05, 3.63) is 64.7 Å². The van der Waals surface area contributed by atoms with Crippen LogP contribution in [0, 0.1) is 17.6 Å². The highest BCUT2D eigenvalue weighted by Gasteiger charge is 2.36. The molecule has 6 nitrogen and oxygen atoms in total. The van der Waals surface area contributed by atoms with Crippen LogP contribution >= 0.6 is 0 Å². The Morgan fingerprint density at radius 3 is 2.46 bits per heavy atom. The zero-order chi connectivity index (χ0) is 27.9. The van der Waals surface area contributed by atoms with Crippen LogP contribution in [0.2, 0.25) is 0 Å². The number of ether oxygens (including phenoxy) is 2. The van der Waals surface area contributed by atoms with Crippen molar-refractivity contribution in [3.8, 4) is 11.5 Å². The molecule has 1 saturated heterocycles. The number of nitrogens with two attached hydrogens (primary N) is 1. The van der Waals surface area contributed by atoms with Crippen LogP contribution in [0.25, 0.3) is 6.08 Å². The first-order valence-electron chi connectivity index (χ1n) is 13.9. The molecule has 0 radical (unpaired) electrons. The summed E-state index contributed by atoms with van der Waals surface area (Å²) in [5, 5.41) is 3.64. The number of benzene rings is 2. The van der Waals surface area contributed by atoms with Gasteiger partial charge in [0.1, 0.15) is 11.6 Å². The van der Waals surface area contributed by atoms with Gasteiger partial charge in [-0.2, -0.15) is 0 Å². The summed E-state index contributed by atoms with van der Waals surface area (Å²) in [6, 6.07) is 9.14. The van der Waals surface area contributed by atoms with E-state index in [4.69, 9.17) is 15.2 Å². The molecule has 2 aromatic rings. The number of amides is 1. The maximum Gasteiger partial charge on any atom is 0.254 e. The van der Waals surface area contributed by atoms with E-state index >= 15 is 0 Å². The lowest BCUT2D eigenvalue weighted by Crippen LogP contribution is -2.52. The van der Waals surface area contributed by atoms with Crippen molar-refractivity contribution >= 4 is 12.0 Å². The Kier molecular flexibility index (Phi) is 9.97. The molecular formula is C31H41F2N3O3. The van der Waals surface area contributed by atoms with Crippen LogP contribution in [-0.2, 0) is 0 Å². The van der Waals surface area contributed by atoms with Gasteiger partial charge in [-0.1, -0.05) is 11.6 Å². The van der Waals surface area contributed by atoms with E-state index in [0.717, 1.165) is 63.1 Å². The molecule has 0 aromatic heterocycles. The lowest BCUT2D eigenvalue weighted by atomic mass is 9.80. The van der Waals surface area contributed by atoms with Crippen LogP contribution in [-0.4, -0.2) is 56.2 Å². The number of halogens is 2. The van der Waals surface area contributed by atoms with E-state index < -0.39 is 11.6 Å². The maximum atomic E-state index is 14.5. The average molecular weight is 542 g/mol. The molecular weight excluding hydrogens is 500 g/mol. The van der Waals surface area contributed by atoms with Crippen LogP contribution in [0.5, 0.6) is 11.5 Å². The van der Waals surface area contributed by atoms with E-state index in [-0.39, 0.29) is 24.0 Å². The van der Waals surface area contributed by atoms with Crippen LogP contribution in [0.3, 0.4) is 0 Å². The number of carbonyl (C=O) groups excluding carboxylic acids is 1. The van der Waals surface area contributed by atoms with Crippen molar-refractivity contribution in [1.82, 2.24) is 10.2 Å². The molecule has 1 aliphatic carbocycles. The number of hydrogen-bond acceptors (Lipinski definition) is 5. The molecule has 212 valence electrons. The number of methoxy groups -OCH3 is 2. The first kappa shape index (κ1) is 29.0. The first-order valence-corrected chi connectivity index (χ1v) is 13.9. The van der Waals surface area contributed by atoms with Gasteiger partial charge < -0.3 is 25.4 Å². The Balaban J connectivity index is 1.69. The van der Waals surface area contributed by atoms with E-state index in [1.54, 1.807) is 38.5 Å². The van der Waals surface area contributed by atoms with E-state index in [2.05, 4.69) is 5.32 Å². The number of nitrogens with one attached hydrogen (secondary N) is 1. The predicted molar refractivity (Wildman–Crippen MR) is 150 cm³/mol. The molecule has 1 heterocycles. The molecule has 2 aromatic carbocycles. The summed E-state index contributed by atoms with van der Waals surface area (Å²) in [6.07, 6.45) is 8.73. The van der Waals surface area contributed by atoms with Crippen molar-refractivity contribution in [1.29, 1.82) is 0 Å². The van der Waals surface area contributed by atoms with Crippen LogP contribution in [0.15, 0.2) is 42.0 Å². The Hall–Kier alpha value is -2.97. The number of hydrogen-bond donors (Lipinski definition) is 2. The maximum absolute atomic E-state index is 14.5. The quantitative estimate of drug-likeness (QED) is 0.412. The SMILES string of the molecule is COc1ccc(C(=O)N(CC(C)=Cc2ccc(F)cc2F)C(CC2CCC(N)CC2)C2CCCN2)cc1OC. The second-order valence-electron chi connectivity index (χ2n) is 10.9. The van der Waals surface area contributed by atoms with Crippen molar-refractivity contribution in [2.24, 2.45) is 11.7 Å². The molecule has 8 heteroatoms. The molecule has 3 N–H and O–H groups in total. The Labute approximate surface area is 230 Å². The summed E-state index contributed by atoms with van der Waals surface area (Å²) in [5.74, 6) is 0.162. The third-order valence-electron chi connectivity index (χ3n) is 8.10. The lowest BCUT2D eigenvalue weighted by molar-refractivity contribution is 0.0615. The highest BCUT2D eigenvalue weighted by molar-refractivity contribution is 5.95.